The molecule has 5 aromatic rings. The Morgan fingerprint density at radius 2 is 1.62 bits per heavy atom. The third-order valence-electron chi connectivity index (χ3n) is 4.88. The molecule has 2 heterocycles. The van der Waals surface area contributed by atoms with Crippen LogP contribution in [0.1, 0.15) is 0 Å². The zero-order chi connectivity index (χ0) is 20.0. The van der Waals surface area contributed by atoms with E-state index < -0.39 is 10.0 Å². The van der Waals surface area contributed by atoms with Gasteiger partial charge in [0.2, 0.25) is 0 Å². The van der Waals surface area contributed by atoms with Crippen molar-refractivity contribution in [1.82, 2.24) is 9.97 Å². The van der Waals surface area contributed by atoms with Crippen LogP contribution in [-0.4, -0.2) is 18.4 Å². The molecule has 6 nitrogen and oxygen atoms in total. The van der Waals surface area contributed by atoms with E-state index in [9.17, 15) is 13.2 Å². The summed E-state index contributed by atoms with van der Waals surface area (Å²) in [5, 5.41) is 3.66. The molecule has 3 aromatic carbocycles. The standard InChI is InChI=1S/C22H15N3O3S/c26-22-19-10-8-16(13-20(19)18-6-3-11-23-21(18)24-22)25-29(27,28)17-9-7-14-4-1-2-5-15(14)12-17/h1-13,25H,(H,23,24,26). The summed E-state index contributed by atoms with van der Waals surface area (Å²) in [5.74, 6) is 0. The van der Waals surface area contributed by atoms with Crippen molar-refractivity contribution in [3.63, 3.8) is 0 Å². The zero-order valence-corrected chi connectivity index (χ0v) is 15.9. The Kier molecular flexibility index (Phi) is 3.85. The van der Waals surface area contributed by atoms with Gasteiger partial charge in [0.05, 0.1) is 4.90 Å². The maximum Gasteiger partial charge on any atom is 0.261 e. The van der Waals surface area contributed by atoms with E-state index in [1.165, 1.54) is 0 Å². The first-order valence-electron chi connectivity index (χ1n) is 8.94. The smallest absolute Gasteiger partial charge is 0.261 e. The zero-order valence-electron chi connectivity index (χ0n) is 15.1. The van der Waals surface area contributed by atoms with Gasteiger partial charge in [-0.1, -0.05) is 30.3 Å². The van der Waals surface area contributed by atoms with Crippen LogP contribution in [0.2, 0.25) is 0 Å². The van der Waals surface area contributed by atoms with Crippen molar-refractivity contribution < 1.29 is 8.42 Å². The molecule has 0 unspecified atom stereocenters. The lowest BCUT2D eigenvalue weighted by Crippen LogP contribution is -2.13. The number of pyridine rings is 2. The lowest BCUT2D eigenvalue weighted by Gasteiger charge is -2.10. The first kappa shape index (κ1) is 17.4. The van der Waals surface area contributed by atoms with E-state index in [-0.39, 0.29) is 10.5 Å². The second-order valence-electron chi connectivity index (χ2n) is 6.73. The number of aromatic amines is 1. The van der Waals surface area contributed by atoms with Crippen molar-refractivity contribution in [2.45, 2.75) is 4.90 Å². The molecule has 0 spiro atoms. The summed E-state index contributed by atoms with van der Waals surface area (Å²) in [6, 6.07) is 21.0. The van der Waals surface area contributed by atoms with E-state index in [4.69, 9.17) is 0 Å². The van der Waals surface area contributed by atoms with Gasteiger partial charge in [0.1, 0.15) is 5.65 Å². The molecule has 0 aliphatic rings. The van der Waals surface area contributed by atoms with E-state index in [0.29, 0.717) is 22.1 Å². The lowest BCUT2D eigenvalue weighted by molar-refractivity contribution is 0.601. The summed E-state index contributed by atoms with van der Waals surface area (Å²) < 4.78 is 28.5. The molecule has 0 bridgehead atoms. The molecule has 0 aliphatic heterocycles. The number of sulfonamides is 1. The quantitative estimate of drug-likeness (QED) is 0.447. The Balaban J connectivity index is 1.61. The van der Waals surface area contributed by atoms with Gasteiger partial charge in [-0.15, -0.1) is 0 Å². The Labute approximate surface area is 165 Å². The molecule has 0 radical (unpaired) electrons. The van der Waals surface area contributed by atoms with E-state index in [0.717, 1.165) is 16.2 Å². The minimum atomic E-state index is -3.79. The number of hydrogen-bond acceptors (Lipinski definition) is 4. The largest absolute Gasteiger partial charge is 0.306 e. The Morgan fingerprint density at radius 3 is 2.48 bits per heavy atom. The summed E-state index contributed by atoms with van der Waals surface area (Å²) in [6.45, 7) is 0. The van der Waals surface area contributed by atoms with E-state index in [1.54, 1.807) is 48.7 Å². The van der Waals surface area contributed by atoms with Gasteiger partial charge in [-0.25, -0.2) is 13.4 Å². The number of fused-ring (bicyclic) bond motifs is 4. The molecule has 0 saturated carbocycles. The highest BCUT2D eigenvalue weighted by atomic mass is 32.2. The van der Waals surface area contributed by atoms with Gasteiger partial charge in [-0.05, 0) is 53.2 Å². The minimum Gasteiger partial charge on any atom is -0.306 e. The fourth-order valence-electron chi connectivity index (χ4n) is 3.47. The molecule has 142 valence electrons. The van der Waals surface area contributed by atoms with Crippen LogP contribution >= 0.6 is 0 Å². The summed E-state index contributed by atoms with van der Waals surface area (Å²) >= 11 is 0. The number of aromatic nitrogens is 2. The van der Waals surface area contributed by atoms with Crippen LogP contribution in [0.3, 0.4) is 0 Å². The molecule has 29 heavy (non-hydrogen) atoms. The van der Waals surface area contributed by atoms with Gasteiger partial charge in [0, 0.05) is 28.0 Å². The fraction of sp³-hybridized carbons (Fsp3) is 0. The molecule has 0 fully saturated rings. The van der Waals surface area contributed by atoms with E-state index in [2.05, 4.69) is 14.7 Å². The average molecular weight is 401 g/mol. The van der Waals surface area contributed by atoms with Crippen LogP contribution in [0, 0.1) is 0 Å². The first-order valence-corrected chi connectivity index (χ1v) is 10.4. The predicted octanol–water partition coefficient (Wildman–Crippen LogP) is 4.03. The number of benzene rings is 3. The Hall–Kier alpha value is -3.71. The highest BCUT2D eigenvalue weighted by molar-refractivity contribution is 7.92. The van der Waals surface area contributed by atoms with Gasteiger partial charge in [0.25, 0.3) is 15.6 Å². The topological polar surface area (TPSA) is 91.9 Å². The van der Waals surface area contributed by atoms with Crippen molar-refractivity contribution in [3.05, 3.63) is 89.3 Å². The number of hydrogen-bond donors (Lipinski definition) is 2. The molecule has 0 atom stereocenters. The normalized spacial score (nSPS) is 11.9. The Bertz CT molecular complexity index is 1570. The summed E-state index contributed by atoms with van der Waals surface area (Å²) in [7, 11) is -3.79. The molecule has 0 amide bonds. The maximum atomic E-state index is 12.9. The number of anilines is 1. The third kappa shape index (κ3) is 3.01. The third-order valence-corrected chi connectivity index (χ3v) is 6.26. The molecule has 7 heteroatoms. The molecule has 5 rings (SSSR count). The van der Waals surface area contributed by atoms with Gasteiger partial charge < -0.3 is 4.98 Å². The van der Waals surface area contributed by atoms with Crippen molar-refractivity contribution >= 4 is 48.3 Å². The number of nitrogens with zero attached hydrogens (tertiary/aromatic N) is 1. The molecule has 2 aromatic heterocycles. The minimum absolute atomic E-state index is 0.175. The number of H-pyrrole nitrogens is 1. The second-order valence-corrected chi connectivity index (χ2v) is 8.41. The lowest BCUT2D eigenvalue weighted by atomic mass is 10.1. The van der Waals surface area contributed by atoms with Crippen LogP contribution < -0.4 is 10.3 Å². The van der Waals surface area contributed by atoms with Gasteiger partial charge in [-0.2, -0.15) is 0 Å². The van der Waals surface area contributed by atoms with E-state index >= 15 is 0 Å². The van der Waals surface area contributed by atoms with Crippen LogP contribution in [0.4, 0.5) is 5.69 Å². The van der Waals surface area contributed by atoms with Crippen molar-refractivity contribution in [1.29, 1.82) is 0 Å². The monoisotopic (exact) mass is 401 g/mol. The molecule has 0 saturated heterocycles. The molecular weight excluding hydrogens is 386 g/mol. The van der Waals surface area contributed by atoms with Gasteiger partial charge >= 0.3 is 0 Å². The molecule has 0 aliphatic carbocycles. The average Bonchev–Trinajstić information content (AvgIpc) is 2.73. The maximum absolute atomic E-state index is 12.9. The van der Waals surface area contributed by atoms with Crippen LogP contribution in [-0.2, 0) is 10.0 Å². The van der Waals surface area contributed by atoms with Gasteiger partial charge in [-0.3, -0.25) is 9.52 Å². The molecule has 2 N–H and O–H groups in total. The SMILES string of the molecule is O=c1[nH]c2ncccc2c2cc(NS(=O)(=O)c3ccc4ccccc4c3)ccc12. The van der Waals surface area contributed by atoms with Crippen molar-refractivity contribution in [2.24, 2.45) is 0 Å². The van der Waals surface area contributed by atoms with Crippen molar-refractivity contribution in [2.75, 3.05) is 4.72 Å². The summed E-state index contributed by atoms with van der Waals surface area (Å²) in [4.78, 5) is 19.4. The summed E-state index contributed by atoms with van der Waals surface area (Å²) in [6.07, 6.45) is 1.59. The fourth-order valence-corrected chi connectivity index (χ4v) is 4.56. The highest BCUT2D eigenvalue weighted by Gasteiger charge is 2.16. The van der Waals surface area contributed by atoms with Gasteiger partial charge in [0.15, 0.2) is 0 Å². The molecular formula is C22H15N3O3S. The highest BCUT2D eigenvalue weighted by Crippen LogP contribution is 2.26. The van der Waals surface area contributed by atoms with Crippen molar-refractivity contribution in [3.8, 4) is 0 Å². The summed E-state index contributed by atoms with van der Waals surface area (Å²) in [5.41, 5.74) is 0.566. The first-order chi connectivity index (χ1) is 14.0. The second kappa shape index (κ2) is 6.42. The van der Waals surface area contributed by atoms with Crippen LogP contribution in [0.5, 0.6) is 0 Å². The van der Waals surface area contributed by atoms with Crippen LogP contribution in [0.15, 0.2) is 88.7 Å². The van der Waals surface area contributed by atoms with E-state index in [1.807, 2.05) is 30.3 Å². The Morgan fingerprint density at radius 1 is 0.793 bits per heavy atom. The number of nitrogens with one attached hydrogen (secondary N) is 2. The van der Waals surface area contributed by atoms with Crippen LogP contribution in [0.25, 0.3) is 32.6 Å². The number of rotatable bonds is 3. The predicted molar refractivity (Wildman–Crippen MR) is 115 cm³/mol.